The minimum atomic E-state index is -1.21. The lowest BCUT2D eigenvalue weighted by atomic mass is 10.1. The van der Waals surface area contributed by atoms with Gasteiger partial charge in [-0.2, -0.15) is 0 Å². The fourth-order valence-electron chi connectivity index (χ4n) is 6.43. The van der Waals surface area contributed by atoms with Crippen LogP contribution in [-0.2, 0) is 27.8 Å². The molecular weight excluding hydrogens is 724 g/mol. The van der Waals surface area contributed by atoms with Gasteiger partial charge in [0.15, 0.2) is 20.1 Å². The Labute approximate surface area is 318 Å². The van der Waals surface area contributed by atoms with Gasteiger partial charge >= 0.3 is 5.97 Å². The monoisotopic (exact) mass is 760 g/mol. The summed E-state index contributed by atoms with van der Waals surface area (Å²) in [6, 6.07) is 24.5. The summed E-state index contributed by atoms with van der Waals surface area (Å²) in [5.74, 6) is -4.12. The van der Waals surface area contributed by atoms with Crippen molar-refractivity contribution < 1.29 is 53.1 Å². The Hall–Kier alpha value is -7.55. The van der Waals surface area contributed by atoms with Crippen molar-refractivity contribution in [3.63, 3.8) is 0 Å². The van der Waals surface area contributed by atoms with Crippen LogP contribution in [0.25, 0.3) is 32.9 Å². The number of nitrogens with two attached hydrogens (primary N) is 2. The van der Waals surface area contributed by atoms with Crippen molar-refractivity contribution in [2.75, 3.05) is 13.2 Å². The number of carboxylic acid groups (broad SMARTS) is 1. The van der Waals surface area contributed by atoms with Crippen molar-refractivity contribution in [2.24, 2.45) is 11.5 Å². The number of ketones is 2. The van der Waals surface area contributed by atoms with E-state index in [2.05, 4.69) is 6.58 Å². The molecule has 6 rings (SSSR count). The third kappa shape index (κ3) is 7.59. The molecule has 0 unspecified atom stereocenters. The molecule has 0 radical (unpaired) electrons. The van der Waals surface area contributed by atoms with E-state index in [1.807, 2.05) is 24.3 Å². The van der Waals surface area contributed by atoms with E-state index in [-0.39, 0.29) is 53.8 Å². The molecule has 4 aromatic carbocycles. The summed E-state index contributed by atoms with van der Waals surface area (Å²) in [5, 5.41) is 19.3. The molecule has 2 heterocycles. The number of Topliss-reactive ketones (excluding diaryl/α,β-unsaturated/α-hetero) is 2. The zero-order valence-corrected chi connectivity index (χ0v) is 30.2. The number of carboxylic acids is 1. The van der Waals surface area contributed by atoms with E-state index >= 15 is 0 Å². The molecule has 15 heteroatoms. The third-order valence-electron chi connectivity index (χ3n) is 9.03. The number of ether oxygens (including phenoxy) is 4. The van der Waals surface area contributed by atoms with Crippen LogP contribution in [0, 0.1) is 13.8 Å². The number of rotatable bonds is 17. The highest BCUT2D eigenvalue weighted by Crippen LogP contribution is 2.36. The normalized spacial score (nSPS) is 11.0. The van der Waals surface area contributed by atoms with Crippen molar-refractivity contribution in [3.8, 4) is 34.1 Å². The molecule has 0 spiro atoms. The molecule has 0 atom stereocenters. The van der Waals surface area contributed by atoms with Crippen LogP contribution in [0.3, 0.4) is 0 Å². The molecular formula is C41H36N4O11. The van der Waals surface area contributed by atoms with Gasteiger partial charge in [-0.1, -0.05) is 43.0 Å². The van der Waals surface area contributed by atoms with Gasteiger partial charge in [0.1, 0.15) is 35.4 Å². The number of carbonyl (C=O) groups excluding carboxylic acids is 4. The standard InChI is InChI=1S/C41H36N4O11/c1-22(46)18-53-31-8-4-6-29-36(31)34(38(49)40(42)51)23(2)44(29)20-55-27-14-10-25(11-15-27)26-12-16-28(17-13-26)56-21-45-24(3)35(39(50)41(43)52)37-30(45)7-5-9-32(37)54-19-33(47)48/h4-17,46H,1,18-21H2,2-3H3,(H2,42,51)(H2,43,52)(H,47,48). The predicted molar refractivity (Wildman–Crippen MR) is 204 cm³/mol. The predicted octanol–water partition coefficient (Wildman–Crippen LogP) is 5.20. The number of aromatic nitrogens is 2. The smallest absolute Gasteiger partial charge is 0.341 e. The molecule has 0 aliphatic carbocycles. The second kappa shape index (κ2) is 15.8. The van der Waals surface area contributed by atoms with Crippen molar-refractivity contribution >= 4 is 51.2 Å². The second-order valence-electron chi connectivity index (χ2n) is 12.6. The molecule has 286 valence electrons. The average molecular weight is 761 g/mol. The number of carbonyl (C=O) groups is 5. The third-order valence-corrected chi connectivity index (χ3v) is 9.03. The number of hydrogen-bond donors (Lipinski definition) is 4. The maximum absolute atomic E-state index is 12.9. The van der Waals surface area contributed by atoms with E-state index in [1.54, 1.807) is 77.6 Å². The number of amides is 2. The van der Waals surface area contributed by atoms with Crippen LogP contribution < -0.4 is 30.4 Å². The summed E-state index contributed by atoms with van der Waals surface area (Å²) in [7, 11) is 0. The lowest BCUT2D eigenvalue weighted by molar-refractivity contribution is -0.139. The summed E-state index contributed by atoms with van der Waals surface area (Å²) in [4.78, 5) is 60.8. The fourth-order valence-corrected chi connectivity index (χ4v) is 6.43. The Morgan fingerprint density at radius 3 is 1.34 bits per heavy atom. The lowest BCUT2D eigenvalue weighted by Crippen LogP contribution is -2.24. The zero-order chi connectivity index (χ0) is 40.3. The van der Waals surface area contributed by atoms with Gasteiger partial charge in [-0.05, 0) is 73.5 Å². The van der Waals surface area contributed by atoms with Crippen LogP contribution >= 0.6 is 0 Å². The van der Waals surface area contributed by atoms with Crippen molar-refractivity contribution in [2.45, 2.75) is 27.3 Å². The van der Waals surface area contributed by atoms with Gasteiger partial charge < -0.3 is 49.8 Å². The number of aliphatic carboxylic acids is 1. The number of nitrogens with zero attached hydrogens (tertiary/aromatic N) is 2. The molecule has 56 heavy (non-hydrogen) atoms. The number of aliphatic hydroxyl groups is 1. The summed E-state index contributed by atoms with van der Waals surface area (Å²) >= 11 is 0. The number of aliphatic hydroxyl groups excluding tert-OH is 1. The van der Waals surface area contributed by atoms with Gasteiger partial charge in [0.25, 0.3) is 23.4 Å². The SMILES string of the molecule is C=C(O)COc1cccc2c1c(C(=O)C(N)=O)c(C)n2COc1ccc(-c2ccc(OCn3c(C)c(C(=O)C(N)=O)c4c(OCC(=O)O)cccc43)cc2)cc1. The summed E-state index contributed by atoms with van der Waals surface area (Å²) < 4.78 is 26.6. The van der Waals surface area contributed by atoms with E-state index in [1.165, 1.54) is 6.07 Å². The Balaban J connectivity index is 1.18. The fraction of sp³-hybridized carbons (Fsp3) is 0.146. The molecule has 6 N–H and O–H groups in total. The number of benzene rings is 4. The van der Waals surface area contributed by atoms with Crippen LogP contribution in [0.1, 0.15) is 32.1 Å². The van der Waals surface area contributed by atoms with Crippen LogP contribution in [0.5, 0.6) is 23.0 Å². The molecule has 15 nitrogen and oxygen atoms in total. The maximum Gasteiger partial charge on any atom is 0.341 e. The molecule has 0 saturated heterocycles. The Bertz CT molecular complexity index is 2370. The molecule has 2 amide bonds. The maximum atomic E-state index is 12.9. The Morgan fingerprint density at radius 2 is 0.982 bits per heavy atom. The van der Waals surface area contributed by atoms with Crippen LogP contribution in [0.4, 0.5) is 0 Å². The van der Waals surface area contributed by atoms with E-state index in [4.69, 9.17) is 35.5 Å². The highest BCUT2D eigenvalue weighted by molar-refractivity contribution is 6.45. The van der Waals surface area contributed by atoms with Crippen LogP contribution in [-0.4, -0.2) is 61.9 Å². The zero-order valence-electron chi connectivity index (χ0n) is 30.2. The molecule has 6 aromatic rings. The molecule has 0 bridgehead atoms. The molecule has 0 saturated carbocycles. The van der Waals surface area contributed by atoms with Gasteiger partial charge in [0, 0.05) is 11.4 Å². The van der Waals surface area contributed by atoms with Gasteiger partial charge in [-0.3, -0.25) is 19.2 Å². The minimum Gasteiger partial charge on any atom is -0.509 e. The van der Waals surface area contributed by atoms with Gasteiger partial charge in [-0.15, -0.1) is 0 Å². The minimum absolute atomic E-state index is 0.00419. The first-order chi connectivity index (χ1) is 26.8. The highest BCUT2D eigenvalue weighted by Gasteiger charge is 2.28. The quantitative estimate of drug-likeness (QED) is 0.0537. The van der Waals surface area contributed by atoms with Crippen molar-refractivity contribution in [1.29, 1.82) is 0 Å². The van der Waals surface area contributed by atoms with E-state index in [0.29, 0.717) is 39.3 Å². The highest BCUT2D eigenvalue weighted by atomic mass is 16.5. The van der Waals surface area contributed by atoms with Crippen LogP contribution in [0.15, 0.2) is 97.3 Å². The van der Waals surface area contributed by atoms with Gasteiger partial charge in [0.05, 0.1) is 32.9 Å². The number of fused-ring (bicyclic) bond motifs is 2. The first-order valence-electron chi connectivity index (χ1n) is 17.0. The lowest BCUT2D eigenvalue weighted by Gasteiger charge is -2.13. The molecule has 2 aromatic heterocycles. The molecule has 0 aliphatic heterocycles. The topological polar surface area (TPSA) is 225 Å². The van der Waals surface area contributed by atoms with Crippen molar-refractivity contribution in [1.82, 2.24) is 9.13 Å². The van der Waals surface area contributed by atoms with E-state index in [9.17, 15) is 29.1 Å². The average Bonchev–Trinajstić information content (AvgIpc) is 3.63. The molecule has 0 fully saturated rings. The second-order valence-corrected chi connectivity index (χ2v) is 12.6. The van der Waals surface area contributed by atoms with Crippen LogP contribution in [0.2, 0.25) is 0 Å². The Kier molecular flexibility index (Phi) is 10.8. The van der Waals surface area contributed by atoms with Gasteiger partial charge in [-0.25, -0.2) is 4.79 Å². The largest absolute Gasteiger partial charge is 0.509 e. The first kappa shape index (κ1) is 38.2. The van der Waals surface area contributed by atoms with E-state index in [0.717, 1.165) is 11.1 Å². The van der Waals surface area contributed by atoms with Crippen molar-refractivity contribution in [3.05, 3.63) is 120 Å². The summed E-state index contributed by atoms with van der Waals surface area (Å²) in [6.45, 7) is 5.80. The molecule has 0 aliphatic rings. The Morgan fingerprint density at radius 1 is 0.589 bits per heavy atom. The number of primary amides is 2. The first-order valence-corrected chi connectivity index (χ1v) is 17.0. The summed E-state index contributed by atoms with van der Waals surface area (Å²) in [5.41, 5.74) is 14.4. The van der Waals surface area contributed by atoms with E-state index < -0.39 is 36.0 Å². The number of hydrogen-bond acceptors (Lipinski definition) is 10. The summed E-state index contributed by atoms with van der Waals surface area (Å²) in [6.07, 6.45) is 0. The van der Waals surface area contributed by atoms with Gasteiger partial charge in [0.2, 0.25) is 0 Å².